The van der Waals surface area contributed by atoms with Gasteiger partial charge in [0, 0.05) is 15.6 Å². The van der Waals surface area contributed by atoms with Crippen LogP contribution < -0.4 is 4.74 Å². The molecule has 4 heteroatoms. The van der Waals surface area contributed by atoms with Gasteiger partial charge in [0.05, 0.1) is 6.10 Å². The molecule has 0 radical (unpaired) electrons. The normalized spacial score (nSPS) is 12.3. The molecular formula is C11H12Cl2O2. The molecule has 2 nitrogen and oxygen atoms in total. The summed E-state index contributed by atoms with van der Waals surface area (Å²) in [6.45, 7) is 5.37. The summed E-state index contributed by atoms with van der Waals surface area (Å²) in [5.41, 5.74) is 0.639. The molecule has 1 N–H and O–H groups in total. The number of aliphatic hydroxyl groups is 1. The Bertz CT molecular complexity index is 362. The van der Waals surface area contributed by atoms with E-state index in [0.29, 0.717) is 21.4 Å². The molecule has 0 spiro atoms. The van der Waals surface area contributed by atoms with Gasteiger partial charge in [-0.25, -0.2) is 0 Å². The zero-order chi connectivity index (χ0) is 11.4. The van der Waals surface area contributed by atoms with Gasteiger partial charge in [-0.3, -0.25) is 0 Å². The first kappa shape index (κ1) is 12.4. The molecule has 0 aromatic heterocycles. The molecule has 1 atom stereocenters. The molecule has 0 bridgehead atoms. The highest BCUT2D eigenvalue weighted by atomic mass is 35.5. The lowest BCUT2D eigenvalue weighted by molar-refractivity contribution is 0.193. The van der Waals surface area contributed by atoms with Crippen molar-refractivity contribution < 1.29 is 9.84 Å². The van der Waals surface area contributed by atoms with E-state index in [2.05, 4.69) is 6.58 Å². The highest BCUT2D eigenvalue weighted by Crippen LogP contribution is 2.28. The van der Waals surface area contributed by atoms with Gasteiger partial charge >= 0.3 is 0 Å². The number of rotatable bonds is 4. The van der Waals surface area contributed by atoms with Crippen molar-refractivity contribution in [2.45, 2.75) is 13.0 Å². The molecule has 0 aliphatic rings. The number of hydrogen-bond donors (Lipinski definition) is 1. The third-order valence-electron chi connectivity index (χ3n) is 1.81. The van der Waals surface area contributed by atoms with E-state index in [4.69, 9.17) is 27.9 Å². The molecule has 0 saturated heterocycles. The van der Waals surface area contributed by atoms with E-state index < -0.39 is 6.10 Å². The lowest BCUT2D eigenvalue weighted by Gasteiger charge is -2.13. The van der Waals surface area contributed by atoms with E-state index in [1.807, 2.05) is 0 Å². The van der Waals surface area contributed by atoms with E-state index >= 15 is 0 Å². The van der Waals surface area contributed by atoms with Gasteiger partial charge in [-0.1, -0.05) is 29.8 Å². The fraction of sp³-hybridized carbons (Fsp3) is 0.273. The minimum absolute atomic E-state index is 0.211. The molecule has 0 heterocycles. The van der Waals surface area contributed by atoms with Crippen LogP contribution in [-0.2, 0) is 0 Å². The summed E-state index contributed by atoms with van der Waals surface area (Å²) in [6.07, 6.45) is -0.637. The smallest absolute Gasteiger partial charge is 0.125 e. The first-order valence-corrected chi connectivity index (χ1v) is 5.20. The van der Waals surface area contributed by atoms with Gasteiger partial charge in [-0.05, 0) is 25.1 Å². The predicted molar refractivity (Wildman–Crippen MR) is 62.6 cm³/mol. The van der Waals surface area contributed by atoms with Crippen LogP contribution in [0, 0.1) is 0 Å². The highest BCUT2D eigenvalue weighted by Gasteiger charge is 2.09. The minimum Gasteiger partial charge on any atom is -0.488 e. The molecule has 1 aromatic carbocycles. The molecule has 15 heavy (non-hydrogen) atoms. The van der Waals surface area contributed by atoms with Gasteiger partial charge < -0.3 is 9.84 Å². The standard InChI is InChI=1S/C11H12Cl2O2/c1-7(12)6-15-11-4-3-9(13)5-10(11)8(2)14/h3-5,8,14H,1,6H2,2H3/t8-/m1/s1. The third-order valence-corrected chi connectivity index (χ3v) is 2.15. The maximum absolute atomic E-state index is 9.50. The van der Waals surface area contributed by atoms with Crippen LogP contribution in [0.15, 0.2) is 29.8 Å². The van der Waals surface area contributed by atoms with Gasteiger partial charge in [0.25, 0.3) is 0 Å². The fourth-order valence-electron chi connectivity index (χ4n) is 1.13. The molecule has 0 aliphatic carbocycles. The Morgan fingerprint density at radius 2 is 2.27 bits per heavy atom. The summed E-state index contributed by atoms with van der Waals surface area (Å²) in [5, 5.41) is 10.5. The molecule has 0 aliphatic heterocycles. The zero-order valence-corrected chi connectivity index (χ0v) is 9.85. The summed E-state index contributed by atoms with van der Waals surface area (Å²) >= 11 is 11.4. The summed E-state index contributed by atoms with van der Waals surface area (Å²) in [4.78, 5) is 0. The Balaban J connectivity index is 2.90. The lowest BCUT2D eigenvalue weighted by Crippen LogP contribution is -2.01. The van der Waals surface area contributed by atoms with Crippen LogP contribution in [0.3, 0.4) is 0 Å². The maximum Gasteiger partial charge on any atom is 0.125 e. The van der Waals surface area contributed by atoms with Gasteiger partial charge in [-0.2, -0.15) is 0 Å². The van der Waals surface area contributed by atoms with Crippen molar-refractivity contribution in [1.82, 2.24) is 0 Å². The van der Waals surface area contributed by atoms with Crippen molar-refractivity contribution in [1.29, 1.82) is 0 Å². The van der Waals surface area contributed by atoms with Crippen molar-refractivity contribution in [2.75, 3.05) is 6.61 Å². The SMILES string of the molecule is C=C(Cl)COc1ccc(Cl)cc1[C@@H](C)O. The first-order chi connectivity index (χ1) is 7.00. The van der Waals surface area contributed by atoms with Crippen LogP contribution in [0.4, 0.5) is 0 Å². The minimum atomic E-state index is -0.637. The second-order valence-electron chi connectivity index (χ2n) is 3.16. The predicted octanol–water partition coefficient (Wildman–Crippen LogP) is 3.52. The van der Waals surface area contributed by atoms with E-state index in [1.165, 1.54) is 0 Å². The molecule has 0 unspecified atom stereocenters. The summed E-state index contributed by atoms with van der Waals surface area (Å²) in [6, 6.07) is 5.06. The molecule has 82 valence electrons. The molecule has 0 amide bonds. The molecule has 0 saturated carbocycles. The Morgan fingerprint density at radius 1 is 1.60 bits per heavy atom. The summed E-state index contributed by atoms with van der Waals surface area (Å²) in [7, 11) is 0. The average Bonchev–Trinajstić information content (AvgIpc) is 2.15. The second-order valence-corrected chi connectivity index (χ2v) is 4.14. The van der Waals surface area contributed by atoms with E-state index in [9.17, 15) is 5.11 Å². The second kappa shape index (κ2) is 5.40. The van der Waals surface area contributed by atoms with Crippen molar-refractivity contribution in [3.63, 3.8) is 0 Å². The van der Waals surface area contributed by atoms with Crippen LogP contribution in [-0.4, -0.2) is 11.7 Å². The van der Waals surface area contributed by atoms with E-state index in [-0.39, 0.29) is 6.61 Å². The molecule has 0 fully saturated rings. The largest absolute Gasteiger partial charge is 0.488 e. The Hall–Kier alpha value is -0.700. The number of aliphatic hydroxyl groups excluding tert-OH is 1. The first-order valence-electron chi connectivity index (χ1n) is 4.44. The average molecular weight is 247 g/mol. The van der Waals surface area contributed by atoms with Crippen LogP contribution in [0.1, 0.15) is 18.6 Å². The highest BCUT2D eigenvalue weighted by molar-refractivity contribution is 6.30. The summed E-state index contributed by atoms with van der Waals surface area (Å²) < 4.78 is 5.36. The summed E-state index contributed by atoms with van der Waals surface area (Å²) in [5.74, 6) is 0.566. The molecule has 1 aromatic rings. The molecule has 1 rings (SSSR count). The maximum atomic E-state index is 9.50. The number of hydrogen-bond acceptors (Lipinski definition) is 2. The zero-order valence-electron chi connectivity index (χ0n) is 8.34. The van der Waals surface area contributed by atoms with Crippen LogP contribution in [0.5, 0.6) is 5.75 Å². The Morgan fingerprint density at radius 3 is 2.80 bits per heavy atom. The monoisotopic (exact) mass is 246 g/mol. The van der Waals surface area contributed by atoms with Gasteiger partial charge in [-0.15, -0.1) is 0 Å². The quantitative estimate of drug-likeness (QED) is 0.881. The number of benzene rings is 1. The number of ether oxygens (including phenoxy) is 1. The fourth-order valence-corrected chi connectivity index (χ4v) is 1.37. The Labute approximate surface area is 99.1 Å². The van der Waals surface area contributed by atoms with E-state index in [1.54, 1.807) is 25.1 Å². The van der Waals surface area contributed by atoms with Gasteiger partial charge in [0.15, 0.2) is 0 Å². The Kier molecular flexibility index (Phi) is 4.45. The van der Waals surface area contributed by atoms with Crippen molar-refractivity contribution >= 4 is 23.2 Å². The lowest BCUT2D eigenvalue weighted by atomic mass is 10.1. The van der Waals surface area contributed by atoms with Gasteiger partial charge in [0.2, 0.25) is 0 Å². The number of halogens is 2. The van der Waals surface area contributed by atoms with Crippen molar-refractivity contribution in [3.05, 3.63) is 40.4 Å². The third kappa shape index (κ3) is 3.74. The van der Waals surface area contributed by atoms with Crippen LogP contribution in [0.2, 0.25) is 5.02 Å². The van der Waals surface area contributed by atoms with Crippen LogP contribution in [0.25, 0.3) is 0 Å². The topological polar surface area (TPSA) is 29.5 Å². The van der Waals surface area contributed by atoms with Crippen LogP contribution >= 0.6 is 23.2 Å². The van der Waals surface area contributed by atoms with Gasteiger partial charge in [0.1, 0.15) is 12.4 Å². The van der Waals surface area contributed by atoms with Crippen molar-refractivity contribution in [3.8, 4) is 5.75 Å². The molecular weight excluding hydrogens is 235 g/mol. The van der Waals surface area contributed by atoms with E-state index in [0.717, 1.165) is 0 Å². The van der Waals surface area contributed by atoms with Crippen molar-refractivity contribution in [2.24, 2.45) is 0 Å².